The number of aromatic amines is 1. The predicted molar refractivity (Wildman–Crippen MR) is 68.2 cm³/mol. The average Bonchev–Trinajstić information content (AvgIpc) is 2.56. The van der Waals surface area contributed by atoms with Crippen molar-refractivity contribution in [2.24, 2.45) is 5.92 Å². The number of carbonyl (C=O) groups is 1. The van der Waals surface area contributed by atoms with Gasteiger partial charge in [-0.3, -0.25) is 4.79 Å². The molecule has 0 fully saturated rings. The van der Waals surface area contributed by atoms with E-state index in [4.69, 9.17) is 5.11 Å². The predicted octanol–water partition coefficient (Wildman–Crippen LogP) is 2.99. The standard InChI is InChI=1S/C14H17NO2/c1-9(2)5-12-8-11-6-10(7-14(16)17)3-4-13(11)15-12/h3-4,6,8-9,15H,5,7H2,1-2H3,(H,16,17). The molecule has 0 atom stereocenters. The zero-order valence-electron chi connectivity index (χ0n) is 10.2. The number of hydrogen-bond donors (Lipinski definition) is 2. The van der Waals surface area contributed by atoms with Crippen LogP contribution in [0.25, 0.3) is 10.9 Å². The van der Waals surface area contributed by atoms with Crippen LogP contribution in [0.2, 0.25) is 0 Å². The minimum absolute atomic E-state index is 0.0840. The number of hydrogen-bond acceptors (Lipinski definition) is 1. The van der Waals surface area contributed by atoms with Gasteiger partial charge < -0.3 is 10.1 Å². The number of H-pyrrole nitrogens is 1. The van der Waals surface area contributed by atoms with Crippen LogP contribution in [0, 0.1) is 5.92 Å². The topological polar surface area (TPSA) is 53.1 Å². The maximum Gasteiger partial charge on any atom is 0.307 e. The molecule has 3 heteroatoms. The number of carboxylic acids is 1. The van der Waals surface area contributed by atoms with Crippen LogP contribution in [0.5, 0.6) is 0 Å². The van der Waals surface area contributed by atoms with E-state index in [9.17, 15) is 4.79 Å². The Balaban J connectivity index is 2.30. The molecule has 0 aliphatic heterocycles. The first-order valence-electron chi connectivity index (χ1n) is 5.87. The zero-order valence-corrected chi connectivity index (χ0v) is 10.2. The molecule has 2 aromatic rings. The molecule has 1 heterocycles. The first kappa shape index (κ1) is 11.7. The first-order chi connectivity index (χ1) is 8.04. The van der Waals surface area contributed by atoms with E-state index < -0.39 is 5.97 Å². The third-order valence-electron chi connectivity index (χ3n) is 2.72. The minimum atomic E-state index is -0.790. The van der Waals surface area contributed by atoms with Gasteiger partial charge in [-0.25, -0.2) is 0 Å². The van der Waals surface area contributed by atoms with Gasteiger partial charge >= 0.3 is 5.97 Å². The van der Waals surface area contributed by atoms with Crippen molar-refractivity contribution in [3.8, 4) is 0 Å². The summed E-state index contributed by atoms with van der Waals surface area (Å²) in [5.74, 6) is -0.177. The van der Waals surface area contributed by atoms with E-state index in [0.29, 0.717) is 5.92 Å². The Morgan fingerprint density at radius 2 is 2.12 bits per heavy atom. The van der Waals surface area contributed by atoms with Crippen LogP contribution in [0.3, 0.4) is 0 Å². The Hall–Kier alpha value is -1.77. The quantitative estimate of drug-likeness (QED) is 0.849. The van der Waals surface area contributed by atoms with Crippen LogP contribution in [0.15, 0.2) is 24.3 Å². The fourth-order valence-corrected chi connectivity index (χ4v) is 2.08. The summed E-state index contributed by atoms with van der Waals surface area (Å²) in [5, 5.41) is 9.85. The van der Waals surface area contributed by atoms with Crippen molar-refractivity contribution in [3.05, 3.63) is 35.5 Å². The van der Waals surface area contributed by atoms with Crippen LogP contribution in [-0.4, -0.2) is 16.1 Å². The Labute approximate surface area is 100 Å². The third kappa shape index (κ3) is 2.87. The van der Waals surface area contributed by atoms with Gasteiger partial charge in [0, 0.05) is 11.2 Å². The van der Waals surface area contributed by atoms with Crippen LogP contribution >= 0.6 is 0 Å². The summed E-state index contributed by atoms with van der Waals surface area (Å²) >= 11 is 0. The molecule has 0 saturated carbocycles. The van der Waals surface area contributed by atoms with Crippen molar-refractivity contribution in [2.45, 2.75) is 26.7 Å². The van der Waals surface area contributed by atoms with E-state index in [1.807, 2.05) is 18.2 Å². The lowest BCUT2D eigenvalue weighted by atomic mass is 10.1. The zero-order chi connectivity index (χ0) is 12.4. The maximum atomic E-state index is 10.6. The van der Waals surface area contributed by atoms with Gasteiger partial charge in [0.05, 0.1) is 6.42 Å². The largest absolute Gasteiger partial charge is 0.481 e. The average molecular weight is 231 g/mol. The number of benzene rings is 1. The molecule has 0 aliphatic rings. The van der Waals surface area contributed by atoms with E-state index in [2.05, 4.69) is 24.9 Å². The molecule has 0 saturated heterocycles. The van der Waals surface area contributed by atoms with Crippen LogP contribution in [0.4, 0.5) is 0 Å². The molecule has 0 bridgehead atoms. The van der Waals surface area contributed by atoms with Crippen LogP contribution in [-0.2, 0) is 17.6 Å². The second kappa shape index (κ2) is 4.62. The molecule has 3 nitrogen and oxygen atoms in total. The van der Waals surface area contributed by atoms with Crippen molar-refractivity contribution in [1.82, 2.24) is 4.98 Å². The minimum Gasteiger partial charge on any atom is -0.481 e. The second-order valence-electron chi connectivity index (χ2n) is 4.88. The highest BCUT2D eigenvalue weighted by molar-refractivity contribution is 5.82. The summed E-state index contributed by atoms with van der Waals surface area (Å²) in [5.41, 5.74) is 3.14. The number of rotatable bonds is 4. The summed E-state index contributed by atoms with van der Waals surface area (Å²) in [7, 11) is 0. The lowest BCUT2D eigenvalue weighted by Crippen LogP contribution is -1.99. The normalized spacial score (nSPS) is 11.2. The Kier molecular flexibility index (Phi) is 3.18. The summed E-state index contributed by atoms with van der Waals surface area (Å²) < 4.78 is 0. The summed E-state index contributed by atoms with van der Waals surface area (Å²) in [6, 6.07) is 7.88. The van der Waals surface area contributed by atoms with Gasteiger partial charge in [-0.15, -0.1) is 0 Å². The molecule has 1 aromatic carbocycles. The Bertz CT molecular complexity index is 540. The molecule has 90 valence electrons. The molecular formula is C14H17NO2. The van der Waals surface area contributed by atoms with Gasteiger partial charge in [-0.1, -0.05) is 19.9 Å². The molecule has 0 amide bonds. The summed E-state index contributed by atoms with van der Waals surface area (Å²) in [4.78, 5) is 14.0. The van der Waals surface area contributed by atoms with Gasteiger partial charge in [0.2, 0.25) is 0 Å². The third-order valence-corrected chi connectivity index (χ3v) is 2.72. The highest BCUT2D eigenvalue weighted by atomic mass is 16.4. The van der Waals surface area contributed by atoms with E-state index in [0.717, 1.165) is 22.9 Å². The smallest absolute Gasteiger partial charge is 0.307 e. The van der Waals surface area contributed by atoms with Crippen molar-refractivity contribution >= 4 is 16.9 Å². The summed E-state index contributed by atoms with van der Waals surface area (Å²) in [6.07, 6.45) is 1.10. The van der Waals surface area contributed by atoms with E-state index in [-0.39, 0.29) is 6.42 Å². The fourth-order valence-electron chi connectivity index (χ4n) is 2.08. The summed E-state index contributed by atoms with van der Waals surface area (Å²) in [6.45, 7) is 4.36. The van der Waals surface area contributed by atoms with E-state index in [1.54, 1.807) is 0 Å². The van der Waals surface area contributed by atoms with Gasteiger partial charge in [-0.05, 0) is 41.5 Å². The molecule has 0 unspecified atom stereocenters. The number of nitrogens with one attached hydrogen (secondary N) is 1. The van der Waals surface area contributed by atoms with Gasteiger partial charge in [0.25, 0.3) is 0 Å². The molecule has 17 heavy (non-hydrogen) atoms. The fraction of sp³-hybridized carbons (Fsp3) is 0.357. The van der Waals surface area contributed by atoms with E-state index in [1.165, 1.54) is 5.69 Å². The molecule has 0 radical (unpaired) electrons. The van der Waals surface area contributed by atoms with Crippen molar-refractivity contribution in [1.29, 1.82) is 0 Å². The molecule has 1 aromatic heterocycles. The van der Waals surface area contributed by atoms with Gasteiger partial charge in [0.1, 0.15) is 0 Å². The molecule has 2 rings (SSSR count). The van der Waals surface area contributed by atoms with Gasteiger partial charge in [0.15, 0.2) is 0 Å². The van der Waals surface area contributed by atoms with Crippen LogP contribution in [0.1, 0.15) is 25.1 Å². The monoisotopic (exact) mass is 231 g/mol. The van der Waals surface area contributed by atoms with Crippen molar-refractivity contribution < 1.29 is 9.90 Å². The number of fused-ring (bicyclic) bond motifs is 1. The lowest BCUT2D eigenvalue weighted by molar-refractivity contribution is -0.136. The lowest BCUT2D eigenvalue weighted by Gasteiger charge is -1.99. The van der Waals surface area contributed by atoms with Crippen molar-refractivity contribution in [2.75, 3.05) is 0 Å². The van der Waals surface area contributed by atoms with E-state index >= 15 is 0 Å². The number of carboxylic acid groups (broad SMARTS) is 1. The molecule has 0 aliphatic carbocycles. The van der Waals surface area contributed by atoms with Gasteiger partial charge in [-0.2, -0.15) is 0 Å². The molecule has 0 spiro atoms. The second-order valence-corrected chi connectivity index (χ2v) is 4.88. The molecule has 2 N–H and O–H groups in total. The number of aliphatic carboxylic acids is 1. The highest BCUT2D eigenvalue weighted by Gasteiger charge is 2.05. The maximum absolute atomic E-state index is 10.6. The van der Waals surface area contributed by atoms with Crippen molar-refractivity contribution in [3.63, 3.8) is 0 Å². The highest BCUT2D eigenvalue weighted by Crippen LogP contribution is 2.19. The Morgan fingerprint density at radius 1 is 1.35 bits per heavy atom. The van der Waals surface area contributed by atoms with Crippen LogP contribution < -0.4 is 0 Å². The molecular weight excluding hydrogens is 214 g/mol. The Morgan fingerprint density at radius 3 is 2.76 bits per heavy atom. The SMILES string of the molecule is CC(C)Cc1cc2cc(CC(=O)O)ccc2[nH]1. The number of aromatic nitrogens is 1. The first-order valence-corrected chi connectivity index (χ1v) is 5.87.